The Morgan fingerprint density at radius 1 is 0.370 bits per heavy atom. The Bertz CT molecular complexity index is 2070. The highest BCUT2D eigenvalue weighted by Gasteiger charge is 2.11. The van der Waals surface area contributed by atoms with E-state index in [1.807, 2.05) is 24.5 Å². The van der Waals surface area contributed by atoms with Crippen LogP contribution >= 0.6 is 0 Å². The SMILES string of the molecule is c1ccc2c(COCc3ccnc(-c4cc(COCc5c6ccccc6cc6ccccc56)ccn4)c3)c3ccccc3cc2c1. The molecule has 0 amide bonds. The van der Waals surface area contributed by atoms with Gasteiger partial charge in [0, 0.05) is 12.4 Å². The first-order chi connectivity index (χ1) is 22.8. The Morgan fingerprint density at radius 3 is 1.09 bits per heavy atom. The van der Waals surface area contributed by atoms with E-state index in [1.165, 1.54) is 54.2 Å². The summed E-state index contributed by atoms with van der Waals surface area (Å²) in [4.78, 5) is 9.27. The van der Waals surface area contributed by atoms with E-state index in [2.05, 4.69) is 131 Å². The topological polar surface area (TPSA) is 44.2 Å². The van der Waals surface area contributed by atoms with Crippen molar-refractivity contribution >= 4 is 43.1 Å². The first-order valence-electron chi connectivity index (χ1n) is 15.6. The van der Waals surface area contributed by atoms with Gasteiger partial charge in [-0.25, -0.2) is 0 Å². The third-order valence-electron chi connectivity index (χ3n) is 8.71. The van der Waals surface area contributed by atoms with Crippen LogP contribution in [0.25, 0.3) is 54.5 Å². The van der Waals surface area contributed by atoms with Crippen LogP contribution in [0, 0.1) is 0 Å². The largest absolute Gasteiger partial charge is 0.372 e. The summed E-state index contributed by atoms with van der Waals surface area (Å²) in [5.41, 5.74) is 6.18. The number of rotatable bonds is 9. The quantitative estimate of drug-likeness (QED) is 0.156. The number of fused-ring (bicyclic) bond motifs is 4. The summed E-state index contributed by atoms with van der Waals surface area (Å²) in [5.74, 6) is 0. The lowest BCUT2D eigenvalue weighted by Gasteiger charge is -2.13. The lowest BCUT2D eigenvalue weighted by Crippen LogP contribution is -1.99. The predicted molar refractivity (Wildman–Crippen MR) is 187 cm³/mol. The average Bonchev–Trinajstić information content (AvgIpc) is 3.11. The minimum absolute atomic E-state index is 0.481. The fraction of sp³-hybridized carbons (Fsp3) is 0.0952. The van der Waals surface area contributed by atoms with Crippen LogP contribution in [0.15, 0.2) is 146 Å². The Kier molecular flexibility index (Phi) is 7.65. The van der Waals surface area contributed by atoms with Gasteiger partial charge in [-0.05, 0) is 102 Å². The Hall–Kier alpha value is -5.42. The van der Waals surface area contributed by atoms with E-state index in [9.17, 15) is 0 Å². The number of nitrogens with zero attached hydrogens (tertiary/aromatic N) is 2. The van der Waals surface area contributed by atoms with Gasteiger partial charge < -0.3 is 9.47 Å². The van der Waals surface area contributed by atoms with E-state index in [4.69, 9.17) is 9.47 Å². The van der Waals surface area contributed by atoms with E-state index in [0.29, 0.717) is 26.4 Å². The molecule has 0 atom stereocenters. The van der Waals surface area contributed by atoms with Gasteiger partial charge in [-0.2, -0.15) is 0 Å². The minimum atomic E-state index is 0.481. The molecule has 4 nitrogen and oxygen atoms in total. The smallest absolute Gasteiger partial charge is 0.0889 e. The number of pyridine rings is 2. The highest BCUT2D eigenvalue weighted by molar-refractivity contribution is 6.03. The number of hydrogen-bond acceptors (Lipinski definition) is 4. The molecule has 0 aliphatic heterocycles. The number of ether oxygens (including phenoxy) is 2. The van der Waals surface area contributed by atoms with Crippen LogP contribution in [0.3, 0.4) is 0 Å². The number of aromatic nitrogens is 2. The summed E-state index contributed by atoms with van der Waals surface area (Å²) in [6, 6.07) is 46.7. The molecule has 0 fully saturated rings. The summed E-state index contributed by atoms with van der Waals surface area (Å²) in [5, 5.41) is 9.83. The molecule has 8 aromatic rings. The molecule has 0 N–H and O–H groups in total. The van der Waals surface area contributed by atoms with Gasteiger partial charge in [0.25, 0.3) is 0 Å². The molecule has 8 rings (SSSR count). The number of benzene rings is 6. The zero-order chi connectivity index (χ0) is 30.7. The lowest BCUT2D eigenvalue weighted by atomic mass is 9.97. The van der Waals surface area contributed by atoms with Crippen LogP contribution in [0.2, 0.25) is 0 Å². The summed E-state index contributed by atoms with van der Waals surface area (Å²) in [6.45, 7) is 2.01. The highest BCUT2D eigenvalue weighted by atomic mass is 16.5. The van der Waals surface area contributed by atoms with Crippen molar-refractivity contribution in [2.75, 3.05) is 0 Å². The highest BCUT2D eigenvalue weighted by Crippen LogP contribution is 2.31. The maximum atomic E-state index is 6.32. The molecule has 0 unspecified atom stereocenters. The first kappa shape index (κ1) is 28.1. The van der Waals surface area contributed by atoms with Crippen molar-refractivity contribution in [1.29, 1.82) is 0 Å². The molecule has 0 aliphatic carbocycles. The molecular weight excluding hydrogens is 564 g/mol. The van der Waals surface area contributed by atoms with Crippen LogP contribution in [-0.4, -0.2) is 9.97 Å². The van der Waals surface area contributed by atoms with Crippen molar-refractivity contribution in [3.8, 4) is 11.4 Å². The summed E-state index contributed by atoms with van der Waals surface area (Å²) >= 11 is 0. The predicted octanol–water partition coefficient (Wildman–Crippen LogP) is 10.2. The second-order valence-electron chi connectivity index (χ2n) is 11.7. The standard InChI is InChI=1S/C42H32N2O2/c1-5-13-35-31(9-1)23-32-10-2-6-14-36(32)39(35)27-45-25-29-17-19-43-41(21-29)42-22-30(18-20-44-42)26-46-28-40-37-15-7-3-11-33(37)24-34-12-4-8-16-38(34)40/h1-24H,25-28H2. The van der Waals surface area contributed by atoms with Crippen LogP contribution in [0.4, 0.5) is 0 Å². The molecule has 0 bridgehead atoms. The van der Waals surface area contributed by atoms with Gasteiger partial charge in [0.2, 0.25) is 0 Å². The average molecular weight is 597 g/mol. The molecule has 222 valence electrons. The van der Waals surface area contributed by atoms with Gasteiger partial charge in [0.05, 0.1) is 37.8 Å². The molecule has 0 saturated carbocycles. The second kappa shape index (κ2) is 12.5. The molecule has 2 heterocycles. The van der Waals surface area contributed by atoms with Gasteiger partial charge in [0.15, 0.2) is 0 Å². The van der Waals surface area contributed by atoms with Crippen molar-refractivity contribution in [3.05, 3.63) is 168 Å². The third-order valence-corrected chi connectivity index (χ3v) is 8.71. The normalized spacial score (nSPS) is 11.6. The molecule has 0 saturated heterocycles. The van der Waals surface area contributed by atoms with Crippen LogP contribution in [0.1, 0.15) is 22.3 Å². The van der Waals surface area contributed by atoms with Gasteiger partial charge in [-0.15, -0.1) is 0 Å². The van der Waals surface area contributed by atoms with Crippen molar-refractivity contribution in [2.45, 2.75) is 26.4 Å². The molecule has 0 aliphatic rings. The molecule has 4 heteroatoms. The van der Waals surface area contributed by atoms with Crippen LogP contribution in [-0.2, 0) is 35.9 Å². The third kappa shape index (κ3) is 5.61. The fourth-order valence-electron chi connectivity index (χ4n) is 6.48. The van der Waals surface area contributed by atoms with Crippen molar-refractivity contribution < 1.29 is 9.47 Å². The summed E-state index contributed by atoms with van der Waals surface area (Å²) in [7, 11) is 0. The molecular formula is C42H32N2O2. The summed E-state index contributed by atoms with van der Waals surface area (Å²) < 4.78 is 12.6. The Morgan fingerprint density at radius 2 is 0.717 bits per heavy atom. The molecule has 6 aromatic carbocycles. The minimum Gasteiger partial charge on any atom is -0.372 e. The molecule has 46 heavy (non-hydrogen) atoms. The number of hydrogen-bond donors (Lipinski definition) is 0. The van der Waals surface area contributed by atoms with Crippen LogP contribution in [0.5, 0.6) is 0 Å². The zero-order valence-corrected chi connectivity index (χ0v) is 25.4. The monoisotopic (exact) mass is 596 g/mol. The maximum absolute atomic E-state index is 6.32. The Balaban J connectivity index is 0.971. The zero-order valence-electron chi connectivity index (χ0n) is 25.4. The first-order valence-corrected chi connectivity index (χ1v) is 15.6. The van der Waals surface area contributed by atoms with Gasteiger partial charge >= 0.3 is 0 Å². The second-order valence-corrected chi connectivity index (χ2v) is 11.7. The van der Waals surface area contributed by atoms with Gasteiger partial charge in [0.1, 0.15) is 0 Å². The van der Waals surface area contributed by atoms with Crippen molar-refractivity contribution in [1.82, 2.24) is 9.97 Å². The van der Waals surface area contributed by atoms with E-state index in [0.717, 1.165) is 22.5 Å². The summed E-state index contributed by atoms with van der Waals surface area (Å²) in [6.07, 6.45) is 3.66. The fourth-order valence-corrected chi connectivity index (χ4v) is 6.48. The van der Waals surface area contributed by atoms with E-state index in [-0.39, 0.29) is 0 Å². The Labute approximate surface area is 267 Å². The van der Waals surface area contributed by atoms with E-state index >= 15 is 0 Å². The van der Waals surface area contributed by atoms with Gasteiger partial charge in [-0.1, -0.05) is 97.1 Å². The molecule has 0 radical (unpaired) electrons. The van der Waals surface area contributed by atoms with Gasteiger partial charge in [-0.3, -0.25) is 9.97 Å². The van der Waals surface area contributed by atoms with Crippen molar-refractivity contribution in [2.24, 2.45) is 0 Å². The molecule has 0 spiro atoms. The molecule has 2 aromatic heterocycles. The van der Waals surface area contributed by atoms with E-state index in [1.54, 1.807) is 0 Å². The van der Waals surface area contributed by atoms with E-state index < -0.39 is 0 Å². The maximum Gasteiger partial charge on any atom is 0.0889 e. The van der Waals surface area contributed by atoms with Crippen LogP contribution < -0.4 is 0 Å². The lowest BCUT2D eigenvalue weighted by molar-refractivity contribution is 0.108. The van der Waals surface area contributed by atoms with Crippen molar-refractivity contribution in [3.63, 3.8) is 0 Å².